The Kier molecular flexibility index (Phi) is 4.43. The number of nitrogens with two attached hydrogens (primary N) is 1. The summed E-state index contributed by atoms with van der Waals surface area (Å²) in [7, 11) is 0. The van der Waals surface area contributed by atoms with Gasteiger partial charge in [0, 0.05) is 30.9 Å². The Balaban J connectivity index is 1.61. The van der Waals surface area contributed by atoms with E-state index in [4.69, 9.17) is 5.73 Å². The van der Waals surface area contributed by atoms with Gasteiger partial charge in [0.2, 0.25) is 0 Å². The highest BCUT2D eigenvalue weighted by molar-refractivity contribution is 6.04. The molecule has 0 atom stereocenters. The molecule has 1 spiro atoms. The van der Waals surface area contributed by atoms with Gasteiger partial charge in [-0.05, 0) is 56.1 Å². The maximum absolute atomic E-state index is 14.0. The summed E-state index contributed by atoms with van der Waals surface area (Å²) in [4.78, 5) is 28.1. The van der Waals surface area contributed by atoms with Gasteiger partial charge in [0.05, 0.1) is 0 Å². The first-order chi connectivity index (χ1) is 13.6. The zero-order valence-corrected chi connectivity index (χ0v) is 16.3. The fourth-order valence-corrected chi connectivity index (χ4v) is 4.35. The van der Waals surface area contributed by atoms with Crippen molar-refractivity contribution >= 4 is 17.5 Å². The number of aromatic nitrogens is 3. The summed E-state index contributed by atoms with van der Waals surface area (Å²) in [5.41, 5.74) is 5.85. The maximum Gasteiger partial charge on any atom is 0.289 e. The molecular formula is C20H23F2N5O2. The lowest BCUT2D eigenvalue weighted by molar-refractivity contribution is 0.0111. The summed E-state index contributed by atoms with van der Waals surface area (Å²) in [6, 6.07) is 2.84. The van der Waals surface area contributed by atoms with E-state index in [1.54, 1.807) is 0 Å². The van der Waals surface area contributed by atoms with E-state index in [1.165, 1.54) is 42.8 Å². The van der Waals surface area contributed by atoms with E-state index < -0.39 is 23.4 Å². The molecule has 0 saturated heterocycles. The molecule has 3 N–H and O–H groups in total. The predicted molar refractivity (Wildman–Crippen MR) is 102 cm³/mol. The van der Waals surface area contributed by atoms with Crippen LogP contribution in [0, 0.1) is 18.3 Å². The number of nitrogens with one attached hydrogen (secondary N) is 1. The molecule has 2 aromatic heterocycles. The van der Waals surface area contributed by atoms with E-state index in [-0.39, 0.29) is 17.0 Å². The Morgan fingerprint density at radius 2 is 2.07 bits per heavy atom. The maximum atomic E-state index is 14.0. The van der Waals surface area contributed by atoms with Crippen LogP contribution in [0.5, 0.6) is 0 Å². The van der Waals surface area contributed by atoms with Crippen LogP contribution in [0.3, 0.4) is 0 Å². The molecule has 0 aromatic carbocycles. The van der Waals surface area contributed by atoms with Crippen LogP contribution in [0.2, 0.25) is 0 Å². The highest BCUT2D eigenvalue weighted by atomic mass is 19.3. The second-order valence-corrected chi connectivity index (χ2v) is 8.42. The molecule has 7 nitrogen and oxygen atoms in total. The van der Waals surface area contributed by atoms with Gasteiger partial charge in [-0.15, -0.1) is 0 Å². The van der Waals surface area contributed by atoms with Crippen molar-refractivity contribution in [2.24, 2.45) is 17.1 Å². The van der Waals surface area contributed by atoms with Crippen molar-refractivity contribution in [1.29, 1.82) is 0 Å². The SMILES string of the molecule is Cc1c(C(C)(F)F)nn(CC2CC3(CC3)C2)c1C(=O)Nc1ccnc(C(N)=O)c1. The van der Waals surface area contributed by atoms with Gasteiger partial charge in [-0.1, -0.05) is 0 Å². The number of amides is 2. The summed E-state index contributed by atoms with van der Waals surface area (Å²) in [5.74, 6) is -4.11. The Bertz CT molecular complexity index is 983. The minimum absolute atomic E-state index is 0.00184. The highest BCUT2D eigenvalue weighted by Crippen LogP contribution is 2.63. The monoisotopic (exact) mass is 403 g/mol. The number of primary amides is 1. The van der Waals surface area contributed by atoms with E-state index in [0.29, 0.717) is 23.6 Å². The van der Waals surface area contributed by atoms with E-state index in [1.807, 2.05) is 0 Å². The average molecular weight is 403 g/mol. The van der Waals surface area contributed by atoms with Gasteiger partial charge in [-0.25, -0.2) is 0 Å². The summed E-state index contributed by atoms with van der Waals surface area (Å²) >= 11 is 0. The van der Waals surface area contributed by atoms with Crippen LogP contribution in [-0.2, 0) is 12.5 Å². The van der Waals surface area contributed by atoms with Crippen LogP contribution in [0.1, 0.15) is 64.8 Å². The molecule has 4 rings (SSSR count). The number of carbonyl (C=O) groups excluding carboxylic acids is 2. The lowest BCUT2D eigenvalue weighted by atomic mass is 9.72. The number of hydrogen-bond acceptors (Lipinski definition) is 4. The Morgan fingerprint density at radius 3 is 2.66 bits per heavy atom. The summed E-state index contributed by atoms with van der Waals surface area (Å²) in [6.45, 7) is 2.69. The van der Waals surface area contributed by atoms with Crippen molar-refractivity contribution in [3.63, 3.8) is 0 Å². The molecule has 0 unspecified atom stereocenters. The zero-order valence-electron chi connectivity index (χ0n) is 16.3. The van der Waals surface area contributed by atoms with E-state index in [0.717, 1.165) is 19.8 Å². The van der Waals surface area contributed by atoms with Crippen LogP contribution in [0.4, 0.5) is 14.5 Å². The van der Waals surface area contributed by atoms with Gasteiger partial charge in [0.1, 0.15) is 17.1 Å². The third-order valence-corrected chi connectivity index (χ3v) is 5.92. The van der Waals surface area contributed by atoms with Crippen LogP contribution in [0.15, 0.2) is 18.3 Å². The Morgan fingerprint density at radius 1 is 1.38 bits per heavy atom. The molecule has 2 heterocycles. The topological polar surface area (TPSA) is 103 Å². The molecular weight excluding hydrogens is 380 g/mol. The molecule has 0 bridgehead atoms. The quantitative estimate of drug-likeness (QED) is 0.773. The van der Waals surface area contributed by atoms with Gasteiger partial charge < -0.3 is 11.1 Å². The lowest BCUT2D eigenvalue weighted by Gasteiger charge is -2.36. The molecule has 2 saturated carbocycles. The summed E-state index contributed by atoms with van der Waals surface area (Å²) < 4.78 is 29.5. The first-order valence-corrected chi connectivity index (χ1v) is 9.61. The highest BCUT2D eigenvalue weighted by Gasteiger charge is 2.53. The molecule has 2 amide bonds. The molecule has 2 aromatic rings. The summed E-state index contributed by atoms with van der Waals surface area (Å²) in [5, 5.41) is 6.74. The second-order valence-electron chi connectivity index (χ2n) is 8.42. The van der Waals surface area contributed by atoms with Crippen molar-refractivity contribution < 1.29 is 18.4 Å². The number of alkyl halides is 2. The average Bonchev–Trinajstić information content (AvgIpc) is 3.31. The molecule has 0 radical (unpaired) electrons. The van der Waals surface area contributed by atoms with Crippen molar-refractivity contribution in [3.05, 3.63) is 41.0 Å². The Labute approximate surface area is 166 Å². The third kappa shape index (κ3) is 3.73. The third-order valence-electron chi connectivity index (χ3n) is 5.92. The zero-order chi connectivity index (χ0) is 21.0. The van der Waals surface area contributed by atoms with Crippen molar-refractivity contribution in [2.45, 2.75) is 52.0 Å². The van der Waals surface area contributed by atoms with Gasteiger partial charge in [-0.2, -0.15) is 13.9 Å². The van der Waals surface area contributed by atoms with Crippen LogP contribution >= 0.6 is 0 Å². The van der Waals surface area contributed by atoms with Crippen molar-refractivity contribution in [2.75, 3.05) is 5.32 Å². The molecule has 2 aliphatic rings. The van der Waals surface area contributed by atoms with E-state index in [2.05, 4.69) is 15.4 Å². The van der Waals surface area contributed by atoms with Crippen LogP contribution < -0.4 is 11.1 Å². The van der Waals surface area contributed by atoms with Gasteiger partial charge in [0.25, 0.3) is 17.7 Å². The molecule has 2 aliphatic carbocycles. The molecule has 154 valence electrons. The number of rotatable bonds is 6. The summed E-state index contributed by atoms with van der Waals surface area (Å²) in [6.07, 6.45) is 5.91. The van der Waals surface area contributed by atoms with E-state index >= 15 is 0 Å². The van der Waals surface area contributed by atoms with Crippen molar-refractivity contribution in [1.82, 2.24) is 14.8 Å². The smallest absolute Gasteiger partial charge is 0.289 e. The minimum Gasteiger partial charge on any atom is -0.364 e. The normalized spacial score (nSPS) is 17.8. The van der Waals surface area contributed by atoms with E-state index in [9.17, 15) is 18.4 Å². The first-order valence-electron chi connectivity index (χ1n) is 9.61. The molecule has 0 aliphatic heterocycles. The first kappa shape index (κ1) is 19.5. The molecule has 29 heavy (non-hydrogen) atoms. The van der Waals surface area contributed by atoms with Crippen LogP contribution in [-0.4, -0.2) is 26.6 Å². The number of halogens is 2. The minimum atomic E-state index is -3.16. The lowest BCUT2D eigenvalue weighted by Crippen LogP contribution is -2.31. The molecule has 9 heteroatoms. The van der Waals surface area contributed by atoms with Crippen LogP contribution in [0.25, 0.3) is 0 Å². The van der Waals surface area contributed by atoms with Gasteiger partial charge >= 0.3 is 0 Å². The molecule has 2 fully saturated rings. The number of anilines is 1. The van der Waals surface area contributed by atoms with Crippen molar-refractivity contribution in [3.8, 4) is 0 Å². The Hall–Kier alpha value is -2.84. The number of carbonyl (C=O) groups is 2. The largest absolute Gasteiger partial charge is 0.364 e. The van der Waals surface area contributed by atoms with Gasteiger partial charge in [0.15, 0.2) is 0 Å². The number of hydrogen-bond donors (Lipinski definition) is 2. The fraction of sp³-hybridized carbons (Fsp3) is 0.500. The van der Waals surface area contributed by atoms with Gasteiger partial charge in [-0.3, -0.25) is 19.3 Å². The number of nitrogens with zero attached hydrogens (tertiary/aromatic N) is 3. The number of pyridine rings is 1. The fourth-order valence-electron chi connectivity index (χ4n) is 4.35. The standard InChI is InChI=1S/C20H23F2N5O2/c1-11-15(18(29)25-13-3-6-24-14(7-13)17(23)28)27(26-16(11)19(2,21)22)10-12-8-20(9-12)4-5-20/h3,6-7,12H,4-5,8-10H2,1-2H3,(H2,23,28)(H,24,25,29). The predicted octanol–water partition coefficient (Wildman–Crippen LogP) is 3.24. The second kappa shape index (κ2) is 6.60.